The summed E-state index contributed by atoms with van der Waals surface area (Å²) in [5.41, 5.74) is 3.32. The Hall–Kier alpha value is -3.37. The highest BCUT2D eigenvalue weighted by Gasteiger charge is 2.23. The lowest BCUT2D eigenvalue weighted by Crippen LogP contribution is -2.45. The fourth-order valence-corrected chi connectivity index (χ4v) is 4.68. The van der Waals surface area contributed by atoms with Crippen molar-refractivity contribution < 1.29 is 19.4 Å². The van der Waals surface area contributed by atoms with Gasteiger partial charge in [0.15, 0.2) is 0 Å². The Morgan fingerprint density at radius 3 is 2.67 bits per heavy atom. The molecule has 2 heterocycles. The standard InChI is InChI=1S/C29H34ClN5O4/c1-19(28(38)33-26(18-37)20-6-4-3-5-7-20)35(2)16-22-9-8-21(14-23(22)17-36)27-25(30)15-31-29(34-27)32-24-10-12-39-13-11-24/h3-9,14-15,17,19,24,26,37H,10-13,16,18H2,1-2H3,(H,33,38)(H,31,32,34). The van der Waals surface area contributed by atoms with Crippen molar-refractivity contribution in [1.82, 2.24) is 20.2 Å². The van der Waals surface area contributed by atoms with E-state index in [1.807, 2.05) is 54.4 Å². The van der Waals surface area contributed by atoms with Gasteiger partial charge >= 0.3 is 0 Å². The monoisotopic (exact) mass is 551 g/mol. The zero-order valence-electron chi connectivity index (χ0n) is 22.1. The number of benzene rings is 2. The number of aromatic nitrogens is 2. The van der Waals surface area contributed by atoms with Crippen LogP contribution >= 0.6 is 11.6 Å². The molecule has 0 spiro atoms. The number of hydrogen-bond donors (Lipinski definition) is 3. The quantitative estimate of drug-likeness (QED) is 0.308. The van der Waals surface area contributed by atoms with E-state index in [1.54, 1.807) is 19.2 Å². The van der Waals surface area contributed by atoms with Crippen molar-refractivity contribution in [2.45, 2.75) is 44.4 Å². The number of aliphatic hydroxyl groups excluding tert-OH is 1. The van der Waals surface area contributed by atoms with E-state index in [9.17, 15) is 14.7 Å². The summed E-state index contributed by atoms with van der Waals surface area (Å²) in [6.07, 6.45) is 4.11. The first-order valence-corrected chi connectivity index (χ1v) is 13.4. The minimum Gasteiger partial charge on any atom is -0.394 e. The summed E-state index contributed by atoms with van der Waals surface area (Å²) in [4.78, 5) is 35.8. The van der Waals surface area contributed by atoms with Crippen LogP contribution in [0.3, 0.4) is 0 Å². The van der Waals surface area contributed by atoms with Crippen LogP contribution < -0.4 is 10.6 Å². The highest BCUT2D eigenvalue weighted by atomic mass is 35.5. The largest absolute Gasteiger partial charge is 0.394 e. The Labute approximate surface area is 233 Å². The molecule has 1 aliphatic rings. The van der Waals surface area contributed by atoms with Crippen molar-refractivity contribution in [3.8, 4) is 11.3 Å². The maximum absolute atomic E-state index is 12.9. The average molecular weight is 552 g/mol. The van der Waals surface area contributed by atoms with Gasteiger partial charge in [-0.3, -0.25) is 14.5 Å². The molecule has 1 amide bonds. The molecule has 1 aromatic heterocycles. The van der Waals surface area contributed by atoms with Crippen molar-refractivity contribution in [3.63, 3.8) is 0 Å². The third kappa shape index (κ3) is 7.39. The second-order valence-corrected chi connectivity index (χ2v) is 10.1. The number of likely N-dealkylation sites (N-methyl/N-ethyl adjacent to an activating group) is 1. The number of halogens is 1. The van der Waals surface area contributed by atoms with Gasteiger partial charge in [-0.15, -0.1) is 0 Å². The van der Waals surface area contributed by atoms with E-state index >= 15 is 0 Å². The van der Waals surface area contributed by atoms with E-state index in [1.165, 1.54) is 0 Å². The van der Waals surface area contributed by atoms with Crippen LogP contribution in [-0.2, 0) is 16.1 Å². The minimum atomic E-state index is -0.503. The zero-order valence-corrected chi connectivity index (χ0v) is 22.9. The second-order valence-electron chi connectivity index (χ2n) is 9.70. The number of aldehydes is 1. The number of anilines is 1. The normalized spacial score (nSPS) is 15.5. The van der Waals surface area contributed by atoms with Crippen molar-refractivity contribution in [2.75, 3.05) is 32.2 Å². The number of amides is 1. The van der Waals surface area contributed by atoms with Crippen molar-refractivity contribution >= 4 is 29.7 Å². The van der Waals surface area contributed by atoms with Gasteiger partial charge in [0.05, 0.1) is 35.6 Å². The zero-order chi connectivity index (χ0) is 27.8. The fourth-order valence-electron chi connectivity index (χ4n) is 4.48. The first-order valence-electron chi connectivity index (χ1n) is 13.0. The molecule has 0 radical (unpaired) electrons. The van der Waals surface area contributed by atoms with Gasteiger partial charge in [0, 0.05) is 36.9 Å². The lowest BCUT2D eigenvalue weighted by molar-refractivity contribution is -0.126. The summed E-state index contributed by atoms with van der Waals surface area (Å²) >= 11 is 6.44. The molecule has 0 saturated carbocycles. The summed E-state index contributed by atoms with van der Waals surface area (Å²) in [6.45, 7) is 3.35. The molecule has 2 unspecified atom stereocenters. The Morgan fingerprint density at radius 1 is 1.23 bits per heavy atom. The lowest BCUT2D eigenvalue weighted by Gasteiger charge is -2.27. The molecular weight excluding hydrogens is 518 g/mol. The van der Waals surface area contributed by atoms with Crippen molar-refractivity contribution in [1.29, 1.82) is 0 Å². The van der Waals surface area contributed by atoms with Gasteiger partial charge in [-0.2, -0.15) is 0 Å². The topological polar surface area (TPSA) is 117 Å². The van der Waals surface area contributed by atoms with Crippen molar-refractivity contribution in [3.05, 3.63) is 76.4 Å². The highest BCUT2D eigenvalue weighted by Crippen LogP contribution is 2.29. The third-order valence-electron chi connectivity index (χ3n) is 7.01. The Morgan fingerprint density at radius 2 is 1.97 bits per heavy atom. The molecule has 4 rings (SSSR count). The second kappa shape index (κ2) is 13.6. The number of carbonyl (C=O) groups excluding carboxylic acids is 2. The summed E-state index contributed by atoms with van der Waals surface area (Å²) in [5.74, 6) is 0.260. The molecule has 0 bridgehead atoms. The average Bonchev–Trinajstić information content (AvgIpc) is 2.97. The van der Waals surface area contributed by atoms with Gasteiger partial charge in [0.25, 0.3) is 0 Å². The van der Waals surface area contributed by atoms with Crippen LogP contribution in [0.5, 0.6) is 0 Å². The SMILES string of the molecule is CC(C(=O)NC(CO)c1ccccc1)N(C)Cc1ccc(-c2nc(NC3CCOCC3)ncc2Cl)cc1C=O. The smallest absolute Gasteiger partial charge is 0.237 e. The van der Waals surface area contributed by atoms with Crippen LogP contribution in [0.1, 0.15) is 47.3 Å². The Bertz CT molecular complexity index is 1270. The molecule has 9 nitrogen and oxygen atoms in total. The van der Waals surface area contributed by atoms with E-state index in [0.717, 1.165) is 30.3 Å². The van der Waals surface area contributed by atoms with Gasteiger partial charge < -0.3 is 20.5 Å². The number of carbonyl (C=O) groups is 2. The molecule has 1 aliphatic heterocycles. The maximum atomic E-state index is 12.9. The van der Waals surface area contributed by atoms with Gasteiger partial charge in [-0.25, -0.2) is 9.97 Å². The third-order valence-corrected chi connectivity index (χ3v) is 7.28. The number of nitrogens with zero attached hydrogens (tertiary/aromatic N) is 3. The van der Waals surface area contributed by atoms with E-state index < -0.39 is 12.1 Å². The van der Waals surface area contributed by atoms with Crippen molar-refractivity contribution in [2.24, 2.45) is 0 Å². The molecule has 3 N–H and O–H groups in total. The first kappa shape index (κ1) is 28.6. The summed E-state index contributed by atoms with van der Waals surface area (Å²) in [5, 5.41) is 16.4. The first-order chi connectivity index (χ1) is 18.9. The minimum absolute atomic E-state index is 0.207. The van der Waals surface area contributed by atoms with E-state index in [0.29, 0.717) is 47.6 Å². The van der Waals surface area contributed by atoms with Gasteiger partial charge in [0.1, 0.15) is 6.29 Å². The maximum Gasteiger partial charge on any atom is 0.237 e. The summed E-state index contributed by atoms with van der Waals surface area (Å²) in [7, 11) is 1.82. The van der Waals surface area contributed by atoms with E-state index in [4.69, 9.17) is 16.3 Å². The van der Waals surface area contributed by atoms with Crippen LogP contribution in [0.15, 0.2) is 54.7 Å². The number of nitrogens with one attached hydrogen (secondary N) is 2. The van der Waals surface area contributed by atoms with Crippen LogP contribution in [0.4, 0.5) is 5.95 Å². The van der Waals surface area contributed by atoms with Gasteiger partial charge in [-0.1, -0.05) is 54.1 Å². The van der Waals surface area contributed by atoms with Crippen LogP contribution in [0, 0.1) is 0 Å². The fraction of sp³-hybridized carbons (Fsp3) is 0.379. The van der Waals surface area contributed by atoms with Gasteiger partial charge in [-0.05, 0) is 44.0 Å². The highest BCUT2D eigenvalue weighted by molar-refractivity contribution is 6.32. The van der Waals surface area contributed by atoms with Crippen LogP contribution in [0.2, 0.25) is 5.02 Å². The number of aliphatic hydroxyl groups is 1. The molecule has 206 valence electrons. The Kier molecular flexibility index (Phi) is 10.00. The molecule has 2 atom stereocenters. The molecule has 1 fully saturated rings. The van der Waals surface area contributed by atoms with E-state index in [-0.39, 0.29) is 18.6 Å². The summed E-state index contributed by atoms with van der Waals surface area (Å²) < 4.78 is 5.41. The molecule has 2 aromatic carbocycles. The molecule has 10 heteroatoms. The molecule has 3 aromatic rings. The van der Waals surface area contributed by atoms with Crippen LogP contribution in [0.25, 0.3) is 11.3 Å². The number of hydrogen-bond acceptors (Lipinski definition) is 8. The Balaban J connectivity index is 1.45. The molecule has 0 aliphatic carbocycles. The molecular formula is C29H34ClN5O4. The summed E-state index contributed by atoms with van der Waals surface area (Å²) in [6, 6.07) is 14.0. The van der Waals surface area contributed by atoms with E-state index in [2.05, 4.69) is 20.6 Å². The number of rotatable bonds is 11. The predicted molar refractivity (Wildman–Crippen MR) is 151 cm³/mol. The predicted octanol–water partition coefficient (Wildman–Crippen LogP) is 3.87. The molecule has 39 heavy (non-hydrogen) atoms. The number of ether oxygens (including phenoxy) is 1. The van der Waals surface area contributed by atoms with Crippen LogP contribution in [-0.4, -0.2) is 71.1 Å². The lowest BCUT2D eigenvalue weighted by atomic mass is 10.0. The molecule has 1 saturated heterocycles. The van der Waals surface area contributed by atoms with Gasteiger partial charge in [0.2, 0.25) is 11.9 Å².